The summed E-state index contributed by atoms with van der Waals surface area (Å²) in [5, 5.41) is 15.4. The van der Waals surface area contributed by atoms with E-state index in [0.717, 1.165) is 88.3 Å². The summed E-state index contributed by atoms with van der Waals surface area (Å²) in [5.74, 6) is -0.333. The number of nitrogens with zero attached hydrogens (tertiary/aromatic N) is 4. The number of non-ortho nitro benzene ring substituents is 1. The molecule has 1 aromatic heterocycles. The Morgan fingerprint density at radius 3 is 2.54 bits per heavy atom. The average molecular weight is 478 g/mol. The Bertz CT molecular complexity index is 1210. The summed E-state index contributed by atoms with van der Waals surface area (Å²) >= 11 is 0. The van der Waals surface area contributed by atoms with E-state index in [-0.39, 0.29) is 11.6 Å². The molecule has 0 bridgehead atoms. The highest BCUT2D eigenvalue weighted by Gasteiger charge is 2.22. The van der Waals surface area contributed by atoms with E-state index in [1.54, 1.807) is 6.07 Å². The molecule has 5 rings (SSSR count). The van der Waals surface area contributed by atoms with E-state index in [0.29, 0.717) is 11.3 Å². The van der Waals surface area contributed by atoms with Crippen LogP contribution < -0.4 is 10.2 Å². The molecule has 0 unspecified atom stereocenters. The second kappa shape index (κ2) is 10.5. The number of ether oxygens (including phenoxy) is 1. The number of piperidine rings is 1. The van der Waals surface area contributed by atoms with Crippen LogP contribution in [0.2, 0.25) is 0 Å². The Labute approximate surface area is 204 Å². The summed E-state index contributed by atoms with van der Waals surface area (Å²) in [6.07, 6.45) is 5.34. The molecule has 1 amide bonds. The van der Waals surface area contributed by atoms with Gasteiger partial charge in [-0.1, -0.05) is 0 Å². The lowest BCUT2D eigenvalue weighted by molar-refractivity contribution is -0.384. The fraction of sp³-hybridized carbons (Fsp3) is 0.423. The number of nitro groups is 1. The van der Waals surface area contributed by atoms with Gasteiger partial charge in [-0.2, -0.15) is 0 Å². The van der Waals surface area contributed by atoms with Crippen LogP contribution in [0.25, 0.3) is 10.9 Å². The van der Waals surface area contributed by atoms with Crippen LogP contribution in [0, 0.1) is 10.1 Å². The molecule has 3 aromatic rings. The maximum absolute atomic E-state index is 13.3. The summed E-state index contributed by atoms with van der Waals surface area (Å²) in [6, 6.07) is 12.5. The number of benzene rings is 2. The maximum atomic E-state index is 13.3. The number of fused-ring (bicyclic) bond motifs is 1. The minimum Gasteiger partial charge on any atom is -0.379 e. The Morgan fingerprint density at radius 2 is 1.77 bits per heavy atom. The van der Waals surface area contributed by atoms with Gasteiger partial charge in [0.05, 0.1) is 29.4 Å². The smallest absolute Gasteiger partial charge is 0.270 e. The summed E-state index contributed by atoms with van der Waals surface area (Å²) in [6.45, 7) is 7.07. The number of hydrogen-bond acceptors (Lipinski definition) is 6. The molecule has 184 valence electrons. The van der Waals surface area contributed by atoms with Gasteiger partial charge in [-0.15, -0.1) is 0 Å². The highest BCUT2D eigenvalue weighted by Crippen LogP contribution is 2.29. The van der Waals surface area contributed by atoms with Crippen LogP contribution in [0.5, 0.6) is 0 Å². The standard InChI is InChI=1S/C26H31N5O4/c32-26(23-19-22(31(33)34)5-7-25(23)29-9-2-1-3-10-29)27-21-4-6-24-20(18-21)8-11-30(24)13-12-28-14-16-35-17-15-28/h4-8,11,18-19H,1-3,9-10,12-17H2,(H,27,32). The molecule has 2 fully saturated rings. The normalized spacial score (nSPS) is 17.0. The second-order valence-electron chi connectivity index (χ2n) is 9.20. The molecule has 0 aliphatic carbocycles. The third-order valence-corrected chi connectivity index (χ3v) is 6.92. The molecule has 2 saturated heterocycles. The molecule has 9 heteroatoms. The number of nitro benzene ring substituents is 1. The third kappa shape index (κ3) is 5.31. The van der Waals surface area contributed by atoms with Gasteiger partial charge in [0, 0.05) is 74.2 Å². The van der Waals surface area contributed by atoms with Crippen molar-refractivity contribution < 1.29 is 14.5 Å². The second-order valence-corrected chi connectivity index (χ2v) is 9.20. The fourth-order valence-corrected chi connectivity index (χ4v) is 4.98. The number of amides is 1. The van der Waals surface area contributed by atoms with Crippen LogP contribution in [0.4, 0.5) is 17.1 Å². The highest BCUT2D eigenvalue weighted by atomic mass is 16.6. The quantitative estimate of drug-likeness (QED) is 0.406. The Kier molecular flexibility index (Phi) is 6.96. The SMILES string of the molecule is O=C(Nc1ccc2c(ccn2CCN2CCOCC2)c1)c1cc([N+](=O)[O-])ccc1N1CCCCC1. The predicted molar refractivity (Wildman–Crippen MR) is 136 cm³/mol. The molecule has 0 saturated carbocycles. The van der Waals surface area contributed by atoms with Gasteiger partial charge in [0.15, 0.2) is 0 Å². The van der Waals surface area contributed by atoms with Gasteiger partial charge in [-0.3, -0.25) is 19.8 Å². The summed E-state index contributed by atoms with van der Waals surface area (Å²) < 4.78 is 7.65. The number of aromatic nitrogens is 1. The van der Waals surface area contributed by atoms with Crippen LogP contribution >= 0.6 is 0 Å². The number of morpholine rings is 1. The van der Waals surface area contributed by atoms with Crippen LogP contribution in [0.1, 0.15) is 29.6 Å². The Hall–Kier alpha value is -3.43. The zero-order valence-electron chi connectivity index (χ0n) is 19.8. The summed E-state index contributed by atoms with van der Waals surface area (Å²) in [7, 11) is 0. The molecule has 0 radical (unpaired) electrons. The number of carbonyl (C=O) groups is 1. The zero-order chi connectivity index (χ0) is 24.2. The van der Waals surface area contributed by atoms with Gasteiger partial charge in [-0.05, 0) is 49.6 Å². The lowest BCUT2D eigenvalue weighted by Crippen LogP contribution is -2.38. The van der Waals surface area contributed by atoms with Crippen molar-refractivity contribution in [3.63, 3.8) is 0 Å². The molecule has 35 heavy (non-hydrogen) atoms. The third-order valence-electron chi connectivity index (χ3n) is 6.92. The first-order valence-corrected chi connectivity index (χ1v) is 12.3. The highest BCUT2D eigenvalue weighted by molar-refractivity contribution is 6.09. The lowest BCUT2D eigenvalue weighted by atomic mass is 10.1. The maximum Gasteiger partial charge on any atom is 0.270 e. The van der Waals surface area contributed by atoms with Crippen molar-refractivity contribution in [1.29, 1.82) is 0 Å². The fourth-order valence-electron chi connectivity index (χ4n) is 4.98. The van der Waals surface area contributed by atoms with Gasteiger partial charge >= 0.3 is 0 Å². The lowest BCUT2D eigenvalue weighted by Gasteiger charge is -2.30. The first-order chi connectivity index (χ1) is 17.1. The van der Waals surface area contributed by atoms with E-state index < -0.39 is 4.92 Å². The van der Waals surface area contributed by atoms with Crippen molar-refractivity contribution in [3.8, 4) is 0 Å². The van der Waals surface area contributed by atoms with Gasteiger partial charge < -0.3 is 19.5 Å². The minimum absolute atomic E-state index is 0.0799. The van der Waals surface area contributed by atoms with Crippen molar-refractivity contribution in [2.24, 2.45) is 0 Å². The monoisotopic (exact) mass is 477 g/mol. The molecule has 2 aliphatic rings. The molecule has 0 atom stereocenters. The number of rotatable bonds is 7. The van der Waals surface area contributed by atoms with E-state index in [2.05, 4.69) is 31.9 Å². The first-order valence-electron chi connectivity index (χ1n) is 12.3. The van der Waals surface area contributed by atoms with E-state index in [1.807, 2.05) is 18.2 Å². The van der Waals surface area contributed by atoms with Crippen molar-refractivity contribution in [2.45, 2.75) is 25.8 Å². The topological polar surface area (TPSA) is 92.9 Å². The van der Waals surface area contributed by atoms with E-state index in [9.17, 15) is 14.9 Å². The zero-order valence-corrected chi connectivity index (χ0v) is 19.8. The van der Waals surface area contributed by atoms with Crippen molar-refractivity contribution in [2.75, 3.05) is 56.2 Å². The molecular weight excluding hydrogens is 446 g/mol. The number of carbonyl (C=O) groups excluding carboxylic acids is 1. The predicted octanol–water partition coefficient (Wildman–Crippen LogP) is 4.12. The van der Waals surface area contributed by atoms with Gasteiger partial charge in [-0.25, -0.2) is 0 Å². The van der Waals surface area contributed by atoms with Gasteiger partial charge in [0.2, 0.25) is 0 Å². The average Bonchev–Trinajstić information content (AvgIpc) is 3.30. The summed E-state index contributed by atoms with van der Waals surface area (Å²) in [5.41, 5.74) is 2.79. The van der Waals surface area contributed by atoms with E-state index in [1.165, 1.54) is 12.1 Å². The Balaban J connectivity index is 1.33. The molecule has 3 heterocycles. The molecule has 0 spiro atoms. The molecule has 9 nitrogen and oxygen atoms in total. The van der Waals surface area contributed by atoms with Gasteiger partial charge in [0.25, 0.3) is 11.6 Å². The van der Waals surface area contributed by atoms with Crippen molar-refractivity contribution >= 4 is 33.9 Å². The Morgan fingerprint density at radius 1 is 0.971 bits per heavy atom. The molecule has 1 N–H and O–H groups in total. The number of anilines is 2. The van der Waals surface area contributed by atoms with Crippen molar-refractivity contribution in [1.82, 2.24) is 9.47 Å². The van der Waals surface area contributed by atoms with E-state index >= 15 is 0 Å². The van der Waals surface area contributed by atoms with Crippen LogP contribution in [-0.2, 0) is 11.3 Å². The number of nitrogens with one attached hydrogen (secondary N) is 1. The largest absolute Gasteiger partial charge is 0.379 e. The van der Waals surface area contributed by atoms with Crippen LogP contribution in [0.3, 0.4) is 0 Å². The molecular formula is C26H31N5O4. The first kappa shape index (κ1) is 23.3. The van der Waals surface area contributed by atoms with Crippen LogP contribution in [-0.4, -0.2) is 66.2 Å². The number of hydrogen-bond donors (Lipinski definition) is 1. The van der Waals surface area contributed by atoms with Crippen LogP contribution in [0.15, 0.2) is 48.7 Å². The molecule has 2 aromatic carbocycles. The van der Waals surface area contributed by atoms with Gasteiger partial charge in [0.1, 0.15) is 0 Å². The molecule has 2 aliphatic heterocycles. The van der Waals surface area contributed by atoms with E-state index in [4.69, 9.17) is 4.74 Å². The summed E-state index contributed by atoms with van der Waals surface area (Å²) in [4.78, 5) is 28.8. The minimum atomic E-state index is -0.456. The van der Waals surface area contributed by atoms with Crippen molar-refractivity contribution in [3.05, 3.63) is 64.3 Å².